The number of thioether (sulfide) groups is 1. The second-order valence-electron chi connectivity index (χ2n) is 9.46. The van der Waals surface area contributed by atoms with E-state index in [2.05, 4.69) is 5.32 Å². The van der Waals surface area contributed by atoms with Gasteiger partial charge in [-0.1, -0.05) is 66.7 Å². The van der Waals surface area contributed by atoms with Gasteiger partial charge in [-0.05, 0) is 34.4 Å². The number of benzene rings is 2. The van der Waals surface area contributed by atoms with Gasteiger partial charge in [0.05, 0.1) is 6.42 Å². The fourth-order valence-corrected chi connectivity index (χ4v) is 6.86. The van der Waals surface area contributed by atoms with E-state index in [9.17, 15) is 19.2 Å². The molecule has 2 unspecified atom stereocenters. The highest BCUT2D eigenvalue weighted by Crippen LogP contribution is 2.45. The smallest absolute Gasteiger partial charge is 0.334 e. The minimum absolute atomic E-state index is 0.152. The van der Waals surface area contributed by atoms with Crippen molar-refractivity contribution in [3.05, 3.63) is 105 Å². The van der Waals surface area contributed by atoms with Crippen molar-refractivity contribution in [2.24, 2.45) is 0 Å². The van der Waals surface area contributed by atoms with Gasteiger partial charge in [0.25, 0.3) is 0 Å². The molecule has 40 heavy (non-hydrogen) atoms. The van der Waals surface area contributed by atoms with Crippen LogP contribution in [0.25, 0.3) is 0 Å². The number of nitrogens with one attached hydrogen (secondary N) is 1. The van der Waals surface area contributed by atoms with Gasteiger partial charge in [0.15, 0.2) is 12.1 Å². The maximum Gasteiger partial charge on any atom is 0.334 e. The van der Waals surface area contributed by atoms with Crippen molar-refractivity contribution in [3.63, 3.8) is 0 Å². The van der Waals surface area contributed by atoms with Gasteiger partial charge in [0, 0.05) is 17.4 Å². The van der Waals surface area contributed by atoms with Crippen LogP contribution in [-0.2, 0) is 35.1 Å². The van der Waals surface area contributed by atoms with E-state index in [-0.39, 0.29) is 24.8 Å². The van der Waals surface area contributed by atoms with Gasteiger partial charge >= 0.3 is 11.9 Å². The summed E-state index contributed by atoms with van der Waals surface area (Å²) in [5.41, 5.74) is 2.04. The van der Waals surface area contributed by atoms with Crippen molar-refractivity contribution in [1.29, 1.82) is 0 Å². The van der Waals surface area contributed by atoms with Crippen molar-refractivity contribution in [2.45, 2.75) is 43.8 Å². The Labute approximate surface area is 240 Å². The van der Waals surface area contributed by atoms with Crippen LogP contribution < -0.4 is 5.32 Å². The van der Waals surface area contributed by atoms with E-state index in [4.69, 9.17) is 9.47 Å². The molecule has 0 spiro atoms. The molecule has 0 aliphatic carbocycles. The first kappa shape index (κ1) is 27.7. The van der Waals surface area contributed by atoms with Crippen molar-refractivity contribution in [2.75, 3.05) is 6.61 Å². The standard InChI is InChI=1S/C30H28N2O6S2/c1-18-23(17-37-19(2)33)26(30(36)38-27(20-10-5-3-6-11-20)21-12-7-4-8-13-21)32-28(35)25(29(32)40-18)31-24(34)16-22-14-9-15-39-22/h3-15,25-27,29H,16-17H2,1-2H3,(H,31,34)/t25?,26?,29-/m1/s1. The summed E-state index contributed by atoms with van der Waals surface area (Å²) in [4.78, 5) is 54.8. The number of ether oxygens (including phenoxy) is 2. The van der Waals surface area contributed by atoms with Crippen LogP contribution in [-0.4, -0.2) is 52.7 Å². The molecule has 8 nitrogen and oxygen atoms in total. The van der Waals surface area contributed by atoms with E-state index in [0.717, 1.165) is 20.9 Å². The number of thiophene rings is 1. The lowest BCUT2D eigenvalue weighted by Crippen LogP contribution is -2.74. The van der Waals surface area contributed by atoms with Crippen LogP contribution in [0.5, 0.6) is 0 Å². The van der Waals surface area contributed by atoms with Gasteiger partial charge in [-0.2, -0.15) is 0 Å². The normalized spacial score (nSPS) is 20.0. The summed E-state index contributed by atoms with van der Waals surface area (Å²) in [6.07, 6.45) is -0.539. The third-order valence-corrected chi connectivity index (χ3v) is 8.99. The lowest BCUT2D eigenvalue weighted by molar-refractivity contribution is -0.166. The van der Waals surface area contributed by atoms with Gasteiger partial charge < -0.3 is 19.7 Å². The van der Waals surface area contributed by atoms with Crippen LogP contribution in [0.2, 0.25) is 0 Å². The molecule has 1 saturated heterocycles. The third-order valence-electron chi connectivity index (χ3n) is 6.76. The molecule has 0 radical (unpaired) electrons. The summed E-state index contributed by atoms with van der Waals surface area (Å²) in [5.74, 6) is -1.79. The van der Waals surface area contributed by atoms with E-state index in [1.54, 1.807) is 0 Å². The molecule has 1 fully saturated rings. The Kier molecular flexibility index (Phi) is 8.37. The van der Waals surface area contributed by atoms with E-state index < -0.39 is 35.5 Å². The molecule has 0 saturated carbocycles. The molecule has 10 heteroatoms. The fourth-order valence-electron chi connectivity index (χ4n) is 4.81. The van der Waals surface area contributed by atoms with E-state index in [0.29, 0.717) is 5.57 Å². The maximum atomic E-state index is 13.9. The average molecular weight is 577 g/mol. The summed E-state index contributed by atoms with van der Waals surface area (Å²) in [6.45, 7) is 2.96. The van der Waals surface area contributed by atoms with Crippen LogP contribution in [0.15, 0.2) is 88.7 Å². The monoisotopic (exact) mass is 576 g/mol. The Bertz CT molecular complexity index is 1390. The highest BCUT2D eigenvalue weighted by molar-refractivity contribution is 8.03. The number of fused-ring (bicyclic) bond motifs is 1. The molecule has 2 aliphatic heterocycles. The predicted molar refractivity (Wildman–Crippen MR) is 152 cm³/mol. The van der Waals surface area contributed by atoms with Crippen LogP contribution >= 0.6 is 23.1 Å². The highest BCUT2D eigenvalue weighted by atomic mass is 32.2. The number of carbonyl (C=O) groups excluding carboxylic acids is 4. The molecule has 2 aromatic carbocycles. The van der Waals surface area contributed by atoms with Crippen LogP contribution in [0.4, 0.5) is 0 Å². The molecule has 3 aromatic rings. The molecule has 5 rings (SSSR count). The summed E-state index contributed by atoms with van der Waals surface area (Å²) in [7, 11) is 0. The highest BCUT2D eigenvalue weighted by Gasteiger charge is 2.57. The molecule has 0 bridgehead atoms. The molecule has 3 heterocycles. The van der Waals surface area contributed by atoms with Gasteiger partial charge in [-0.3, -0.25) is 14.4 Å². The Balaban J connectivity index is 1.42. The van der Waals surface area contributed by atoms with Gasteiger partial charge in [0.1, 0.15) is 18.0 Å². The number of hydrogen-bond donors (Lipinski definition) is 1. The molecule has 2 amide bonds. The molecule has 2 aliphatic rings. The zero-order chi connectivity index (χ0) is 28.2. The van der Waals surface area contributed by atoms with E-state index in [1.807, 2.05) is 85.1 Å². The Morgan fingerprint density at radius 2 is 1.62 bits per heavy atom. The summed E-state index contributed by atoms with van der Waals surface area (Å²) in [6, 6.07) is 20.6. The molecule has 1 aromatic heterocycles. The summed E-state index contributed by atoms with van der Waals surface area (Å²) in [5, 5.41) is 4.23. The second-order valence-corrected chi connectivity index (χ2v) is 11.8. The Morgan fingerprint density at radius 1 is 0.975 bits per heavy atom. The van der Waals surface area contributed by atoms with Gasteiger partial charge in [-0.15, -0.1) is 23.1 Å². The minimum atomic E-state index is -1.10. The van der Waals surface area contributed by atoms with E-state index >= 15 is 0 Å². The zero-order valence-electron chi connectivity index (χ0n) is 21.9. The van der Waals surface area contributed by atoms with Crippen molar-refractivity contribution in [1.82, 2.24) is 10.2 Å². The quantitative estimate of drug-likeness (QED) is 0.301. The summed E-state index contributed by atoms with van der Waals surface area (Å²) < 4.78 is 11.4. The lowest BCUT2D eigenvalue weighted by Gasteiger charge is -2.52. The molecular formula is C30H28N2O6S2. The zero-order valence-corrected chi connectivity index (χ0v) is 23.6. The van der Waals surface area contributed by atoms with Crippen LogP contribution in [0, 0.1) is 0 Å². The Morgan fingerprint density at radius 3 is 2.20 bits per heavy atom. The van der Waals surface area contributed by atoms with Crippen molar-refractivity contribution in [3.8, 4) is 0 Å². The van der Waals surface area contributed by atoms with Gasteiger partial charge in [-0.25, -0.2) is 4.79 Å². The number of hydrogen-bond acceptors (Lipinski definition) is 8. The number of rotatable bonds is 9. The van der Waals surface area contributed by atoms with Crippen molar-refractivity contribution >= 4 is 46.9 Å². The third kappa shape index (κ3) is 5.83. The topological polar surface area (TPSA) is 102 Å². The Hall–Kier alpha value is -3.89. The number of nitrogens with zero attached hydrogens (tertiary/aromatic N) is 1. The largest absolute Gasteiger partial charge is 0.461 e. The summed E-state index contributed by atoms with van der Waals surface area (Å²) >= 11 is 2.83. The number of β-lactam (4-membered cyclic amide) rings is 1. The minimum Gasteiger partial charge on any atom is -0.461 e. The molecule has 206 valence electrons. The van der Waals surface area contributed by atoms with Crippen LogP contribution in [0.1, 0.15) is 36.0 Å². The van der Waals surface area contributed by atoms with E-state index in [1.165, 1.54) is 34.9 Å². The number of allylic oxidation sites excluding steroid dienone is 1. The SMILES string of the molecule is CC(=O)OCC1=C(C)S[C@@H]2C(NC(=O)Cc3cccs3)C(=O)N2C1C(=O)OC(c1ccccc1)c1ccccc1. The number of carbonyl (C=O) groups is 4. The first-order chi connectivity index (χ1) is 19.3. The second kappa shape index (κ2) is 12.1. The van der Waals surface area contributed by atoms with Crippen LogP contribution in [0.3, 0.4) is 0 Å². The maximum absolute atomic E-state index is 13.9. The number of esters is 2. The average Bonchev–Trinajstić information content (AvgIpc) is 3.47. The van der Waals surface area contributed by atoms with Crippen molar-refractivity contribution < 1.29 is 28.7 Å². The molecule has 1 N–H and O–H groups in total. The molecular weight excluding hydrogens is 548 g/mol. The first-order valence-electron chi connectivity index (χ1n) is 12.8. The molecule has 3 atom stereocenters. The fraction of sp³-hybridized carbons (Fsp3) is 0.267. The van der Waals surface area contributed by atoms with Gasteiger partial charge in [0.2, 0.25) is 11.8 Å². The first-order valence-corrected chi connectivity index (χ1v) is 14.5. The lowest BCUT2D eigenvalue weighted by atomic mass is 9.96. The number of amides is 2. The predicted octanol–water partition coefficient (Wildman–Crippen LogP) is 4.23.